The van der Waals surface area contributed by atoms with Gasteiger partial charge in [-0.2, -0.15) is 0 Å². The summed E-state index contributed by atoms with van der Waals surface area (Å²) in [6.45, 7) is 0.397. The molecule has 2 heterocycles. The number of hydrogen-bond acceptors (Lipinski definition) is 3. The van der Waals surface area contributed by atoms with Gasteiger partial charge in [0, 0.05) is 29.5 Å². The highest BCUT2D eigenvalue weighted by Gasteiger charge is 2.26. The van der Waals surface area contributed by atoms with Crippen molar-refractivity contribution >= 4 is 38.9 Å². The van der Waals surface area contributed by atoms with Gasteiger partial charge in [0.2, 0.25) is 10.0 Å². The van der Waals surface area contributed by atoms with E-state index in [9.17, 15) is 13.2 Å². The molecule has 28 heavy (non-hydrogen) atoms. The van der Waals surface area contributed by atoms with Crippen LogP contribution < -0.4 is 9.62 Å². The molecule has 2 aromatic carbocycles. The van der Waals surface area contributed by atoms with Crippen molar-refractivity contribution in [3.63, 3.8) is 0 Å². The number of nitrogens with one attached hydrogen (secondary N) is 1. The van der Waals surface area contributed by atoms with Crippen molar-refractivity contribution in [1.82, 2.24) is 4.57 Å². The highest BCUT2D eigenvalue weighted by atomic mass is 35.5. The third kappa shape index (κ3) is 3.50. The molecule has 0 radical (unpaired) electrons. The summed E-state index contributed by atoms with van der Waals surface area (Å²) in [5.41, 5.74) is 3.35. The Labute approximate surface area is 168 Å². The lowest BCUT2D eigenvalue weighted by atomic mass is 10.1. The van der Waals surface area contributed by atoms with Crippen LogP contribution in [0.3, 0.4) is 0 Å². The van der Waals surface area contributed by atoms with Crippen LogP contribution in [0.4, 0.5) is 11.4 Å². The topological polar surface area (TPSA) is 71.4 Å². The molecule has 3 aromatic rings. The van der Waals surface area contributed by atoms with Crippen molar-refractivity contribution in [2.75, 3.05) is 22.4 Å². The second kappa shape index (κ2) is 7.00. The molecule has 6 nitrogen and oxygen atoms in total. The molecule has 1 aliphatic rings. The molecule has 1 N–H and O–H groups in total. The Kier molecular flexibility index (Phi) is 4.64. The van der Waals surface area contributed by atoms with E-state index in [1.54, 1.807) is 36.4 Å². The monoisotopic (exact) mass is 415 g/mol. The van der Waals surface area contributed by atoms with Gasteiger partial charge in [0.15, 0.2) is 0 Å². The zero-order chi connectivity index (χ0) is 19.9. The highest BCUT2D eigenvalue weighted by molar-refractivity contribution is 7.92. The molecule has 0 atom stereocenters. The summed E-state index contributed by atoms with van der Waals surface area (Å²) in [5.74, 6) is -0.267. The number of carbonyl (C=O) groups is 1. The number of sulfonamides is 1. The van der Waals surface area contributed by atoms with E-state index in [1.165, 1.54) is 10.6 Å². The van der Waals surface area contributed by atoms with E-state index in [2.05, 4.69) is 5.32 Å². The molecule has 0 aliphatic carbocycles. The number of carbonyl (C=O) groups excluding carboxylic acids is 1. The van der Waals surface area contributed by atoms with Crippen LogP contribution in [0.5, 0.6) is 0 Å². The van der Waals surface area contributed by atoms with Crippen molar-refractivity contribution < 1.29 is 13.2 Å². The largest absolute Gasteiger partial charge is 0.322 e. The van der Waals surface area contributed by atoms with Gasteiger partial charge in [0.05, 0.1) is 23.3 Å². The minimum atomic E-state index is -3.31. The highest BCUT2D eigenvalue weighted by Crippen LogP contribution is 2.31. The second-order valence-corrected chi connectivity index (χ2v) is 8.98. The molecule has 1 aromatic heterocycles. The molecule has 1 amide bonds. The Morgan fingerprint density at radius 2 is 1.82 bits per heavy atom. The van der Waals surface area contributed by atoms with E-state index in [0.717, 1.165) is 11.3 Å². The molecule has 4 rings (SSSR count). The van der Waals surface area contributed by atoms with Crippen LogP contribution in [-0.2, 0) is 16.4 Å². The number of halogens is 1. The van der Waals surface area contributed by atoms with Gasteiger partial charge in [-0.25, -0.2) is 8.42 Å². The predicted octanol–water partition coefficient (Wildman–Crippen LogP) is 3.71. The molecule has 0 bridgehead atoms. The Balaban J connectivity index is 1.63. The van der Waals surface area contributed by atoms with Crippen molar-refractivity contribution in [3.05, 3.63) is 77.1 Å². The zero-order valence-electron chi connectivity index (χ0n) is 15.1. The fourth-order valence-corrected chi connectivity index (χ4v) is 4.50. The average molecular weight is 416 g/mol. The summed E-state index contributed by atoms with van der Waals surface area (Å²) >= 11 is 6.12. The van der Waals surface area contributed by atoms with Gasteiger partial charge in [-0.1, -0.05) is 11.6 Å². The van der Waals surface area contributed by atoms with E-state index in [0.29, 0.717) is 34.9 Å². The SMILES string of the molecule is CS(=O)(=O)N1CCc2cc(C(=O)Nc3ccc(Cl)cc3-n3cccc3)ccc21. The van der Waals surface area contributed by atoms with Gasteiger partial charge in [0.25, 0.3) is 5.91 Å². The van der Waals surface area contributed by atoms with Crippen LogP contribution in [0.2, 0.25) is 5.02 Å². The van der Waals surface area contributed by atoms with Crippen molar-refractivity contribution in [1.29, 1.82) is 0 Å². The lowest BCUT2D eigenvalue weighted by Gasteiger charge is -2.16. The van der Waals surface area contributed by atoms with Crippen molar-refractivity contribution in [2.24, 2.45) is 0 Å². The average Bonchev–Trinajstić information content (AvgIpc) is 3.31. The maximum Gasteiger partial charge on any atom is 0.255 e. The van der Waals surface area contributed by atoms with Crippen molar-refractivity contribution in [2.45, 2.75) is 6.42 Å². The molecule has 0 saturated heterocycles. The van der Waals surface area contributed by atoms with E-state index in [-0.39, 0.29) is 5.91 Å². The smallest absolute Gasteiger partial charge is 0.255 e. The van der Waals surface area contributed by atoms with E-state index >= 15 is 0 Å². The standard InChI is InChI=1S/C20H18ClN3O3S/c1-28(26,27)24-11-8-14-12-15(4-7-18(14)24)20(25)22-17-6-5-16(21)13-19(17)23-9-2-3-10-23/h2-7,9-10,12-13H,8,11H2,1H3,(H,22,25). The number of benzene rings is 2. The van der Waals surface area contributed by atoms with Gasteiger partial charge < -0.3 is 9.88 Å². The van der Waals surface area contributed by atoms with E-state index in [1.807, 2.05) is 29.1 Å². The third-order valence-electron chi connectivity index (χ3n) is 4.69. The van der Waals surface area contributed by atoms with Crippen LogP contribution in [0.25, 0.3) is 5.69 Å². The fraction of sp³-hybridized carbons (Fsp3) is 0.150. The predicted molar refractivity (Wildman–Crippen MR) is 111 cm³/mol. The zero-order valence-corrected chi connectivity index (χ0v) is 16.7. The molecule has 0 saturated carbocycles. The summed E-state index contributed by atoms with van der Waals surface area (Å²) in [6, 6.07) is 14.1. The lowest BCUT2D eigenvalue weighted by molar-refractivity contribution is 0.102. The molecule has 0 fully saturated rings. The van der Waals surface area contributed by atoms with Crippen LogP contribution in [0.1, 0.15) is 15.9 Å². The molecule has 1 aliphatic heterocycles. The quantitative estimate of drug-likeness (QED) is 0.706. The van der Waals surface area contributed by atoms with Crippen LogP contribution in [-0.4, -0.2) is 31.7 Å². The molecular formula is C20H18ClN3O3S. The summed E-state index contributed by atoms with van der Waals surface area (Å²) < 4.78 is 27.0. The molecular weight excluding hydrogens is 398 g/mol. The number of fused-ring (bicyclic) bond motifs is 1. The Bertz CT molecular complexity index is 1160. The molecule has 144 valence electrons. The summed E-state index contributed by atoms with van der Waals surface area (Å²) in [5, 5.41) is 3.49. The minimum Gasteiger partial charge on any atom is -0.322 e. The first kappa shape index (κ1) is 18.6. The maximum atomic E-state index is 12.8. The van der Waals surface area contributed by atoms with Crippen LogP contribution in [0, 0.1) is 0 Å². The second-order valence-electron chi connectivity index (χ2n) is 6.63. The van der Waals surface area contributed by atoms with E-state index in [4.69, 9.17) is 11.6 Å². The van der Waals surface area contributed by atoms with Gasteiger partial charge in [0.1, 0.15) is 0 Å². The molecule has 8 heteroatoms. The number of nitrogens with zero attached hydrogens (tertiary/aromatic N) is 2. The summed E-state index contributed by atoms with van der Waals surface area (Å²) in [6.07, 6.45) is 5.51. The number of aromatic nitrogens is 1. The molecule has 0 spiro atoms. The van der Waals surface area contributed by atoms with Gasteiger partial charge >= 0.3 is 0 Å². The third-order valence-corrected chi connectivity index (χ3v) is 6.10. The summed E-state index contributed by atoms with van der Waals surface area (Å²) in [4.78, 5) is 12.8. The molecule has 0 unspecified atom stereocenters. The van der Waals surface area contributed by atoms with Gasteiger partial charge in [-0.15, -0.1) is 0 Å². The normalized spacial score (nSPS) is 13.4. The summed E-state index contributed by atoms with van der Waals surface area (Å²) in [7, 11) is -3.31. The van der Waals surface area contributed by atoms with Gasteiger partial charge in [-0.3, -0.25) is 9.10 Å². The van der Waals surface area contributed by atoms with E-state index < -0.39 is 10.0 Å². The number of rotatable bonds is 4. The first-order valence-electron chi connectivity index (χ1n) is 8.68. The fourth-order valence-electron chi connectivity index (χ4n) is 3.37. The van der Waals surface area contributed by atoms with Crippen LogP contribution in [0.15, 0.2) is 60.9 Å². The van der Waals surface area contributed by atoms with Gasteiger partial charge in [-0.05, 0) is 60.5 Å². The number of anilines is 2. The lowest BCUT2D eigenvalue weighted by Crippen LogP contribution is -2.27. The van der Waals surface area contributed by atoms with Crippen molar-refractivity contribution in [3.8, 4) is 5.69 Å². The number of hydrogen-bond donors (Lipinski definition) is 1. The first-order valence-corrected chi connectivity index (χ1v) is 10.9. The van der Waals surface area contributed by atoms with Crippen LogP contribution >= 0.6 is 11.6 Å². The minimum absolute atomic E-state index is 0.267. The Hall–Kier alpha value is -2.77. The maximum absolute atomic E-state index is 12.8. The number of amides is 1. The Morgan fingerprint density at radius 3 is 2.54 bits per heavy atom. The first-order chi connectivity index (χ1) is 13.3. The Morgan fingerprint density at radius 1 is 1.07 bits per heavy atom.